The highest BCUT2D eigenvalue weighted by Gasteiger charge is 2.26. The van der Waals surface area contributed by atoms with Crippen LogP contribution in [0.5, 0.6) is 0 Å². The predicted molar refractivity (Wildman–Crippen MR) is 75.4 cm³/mol. The van der Waals surface area contributed by atoms with Crippen molar-refractivity contribution in [2.24, 2.45) is 5.92 Å². The Hall–Kier alpha value is -1.57. The Kier molecular flexibility index (Phi) is 4.87. The molecular formula is C13H13BrF2N2O3. The van der Waals surface area contributed by atoms with Crippen LogP contribution in [0.4, 0.5) is 14.5 Å². The lowest BCUT2D eigenvalue weighted by Gasteiger charge is -2.11. The maximum Gasteiger partial charge on any atom is 0.285 e. The van der Waals surface area contributed by atoms with Gasteiger partial charge in [-0.2, -0.15) is 0 Å². The number of nitro groups is 1. The van der Waals surface area contributed by atoms with Gasteiger partial charge >= 0.3 is 0 Å². The monoisotopic (exact) mass is 362 g/mol. The van der Waals surface area contributed by atoms with Gasteiger partial charge in [0.05, 0.1) is 11.0 Å². The van der Waals surface area contributed by atoms with Crippen molar-refractivity contribution in [2.45, 2.75) is 24.1 Å². The SMILES string of the molecule is O=C(NCC1CCC(Br)C1)c1cc(F)c(F)cc1[N+](=O)[O-]. The molecular weight excluding hydrogens is 350 g/mol. The van der Waals surface area contributed by atoms with Crippen molar-refractivity contribution >= 4 is 27.5 Å². The summed E-state index contributed by atoms with van der Waals surface area (Å²) in [5, 5.41) is 13.4. The Labute approximate surface area is 128 Å². The van der Waals surface area contributed by atoms with Crippen molar-refractivity contribution in [2.75, 3.05) is 6.54 Å². The van der Waals surface area contributed by atoms with Crippen LogP contribution in [-0.4, -0.2) is 22.2 Å². The van der Waals surface area contributed by atoms with Gasteiger partial charge in [0.15, 0.2) is 11.6 Å². The van der Waals surface area contributed by atoms with Gasteiger partial charge in [-0.15, -0.1) is 0 Å². The van der Waals surface area contributed by atoms with E-state index in [-0.39, 0.29) is 5.92 Å². The summed E-state index contributed by atoms with van der Waals surface area (Å²) in [5.41, 5.74) is -1.21. The molecule has 0 aliphatic heterocycles. The number of nitrogens with one attached hydrogen (secondary N) is 1. The van der Waals surface area contributed by atoms with Crippen molar-refractivity contribution in [3.8, 4) is 0 Å². The van der Waals surface area contributed by atoms with Crippen LogP contribution in [0.3, 0.4) is 0 Å². The molecule has 114 valence electrons. The van der Waals surface area contributed by atoms with Gasteiger partial charge < -0.3 is 5.32 Å². The molecule has 2 unspecified atom stereocenters. The number of benzene rings is 1. The van der Waals surface area contributed by atoms with E-state index < -0.39 is 33.7 Å². The van der Waals surface area contributed by atoms with Gasteiger partial charge in [-0.3, -0.25) is 14.9 Å². The van der Waals surface area contributed by atoms with Crippen LogP contribution < -0.4 is 5.32 Å². The average molecular weight is 363 g/mol. The third-order valence-corrected chi connectivity index (χ3v) is 4.34. The van der Waals surface area contributed by atoms with Crippen molar-refractivity contribution in [3.05, 3.63) is 39.4 Å². The Morgan fingerprint density at radius 1 is 1.38 bits per heavy atom. The van der Waals surface area contributed by atoms with Crippen molar-refractivity contribution in [1.82, 2.24) is 5.32 Å². The Balaban J connectivity index is 2.11. The van der Waals surface area contributed by atoms with Crippen LogP contribution in [0, 0.1) is 27.7 Å². The summed E-state index contributed by atoms with van der Waals surface area (Å²) in [7, 11) is 0. The summed E-state index contributed by atoms with van der Waals surface area (Å²) in [6.45, 7) is 0.358. The zero-order valence-corrected chi connectivity index (χ0v) is 12.5. The van der Waals surface area contributed by atoms with E-state index in [1.807, 2.05) is 0 Å². The molecule has 1 aliphatic rings. The summed E-state index contributed by atoms with van der Waals surface area (Å²) >= 11 is 3.49. The van der Waals surface area contributed by atoms with E-state index >= 15 is 0 Å². The summed E-state index contributed by atoms with van der Waals surface area (Å²) in [4.78, 5) is 22.3. The van der Waals surface area contributed by atoms with Crippen LogP contribution in [0.1, 0.15) is 29.6 Å². The second-order valence-electron chi connectivity index (χ2n) is 5.03. The highest BCUT2D eigenvalue weighted by Crippen LogP contribution is 2.30. The minimum absolute atomic E-state index is 0.280. The number of amides is 1. The van der Waals surface area contributed by atoms with E-state index in [0.29, 0.717) is 23.5 Å². The topological polar surface area (TPSA) is 72.2 Å². The summed E-state index contributed by atoms with van der Waals surface area (Å²) < 4.78 is 26.2. The molecule has 1 fully saturated rings. The molecule has 0 heterocycles. The molecule has 5 nitrogen and oxygen atoms in total. The van der Waals surface area contributed by atoms with Gasteiger partial charge in [-0.25, -0.2) is 8.78 Å². The maximum absolute atomic E-state index is 13.2. The lowest BCUT2D eigenvalue weighted by atomic mass is 10.1. The maximum atomic E-state index is 13.2. The summed E-state index contributed by atoms with van der Waals surface area (Å²) in [6.07, 6.45) is 2.85. The number of halogens is 3. The minimum atomic E-state index is -1.35. The van der Waals surface area contributed by atoms with Crippen molar-refractivity contribution < 1.29 is 18.5 Å². The number of hydrogen-bond acceptors (Lipinski definition) is 3. The third kappa shape index (κ3) is 3.75. The molecule has 1 aromatic rings. The second-order valence-corrected chi connectivity index (χ2v) is 6.32. The van der Waals surface area contributed by atoms with Gasteiger partial charge in [0.25, 0.3) is 11.6 Å². The molecule has 2 rings (SSSR count). The molecule has 2 atom stereocenters. The lowest BCUT2D eigenvalue weighted by molar-refractivity contribution is -0.385. The van der Waals surface area contributed by atoms with Crippen LogP contribution in [-0.2, 0) is 0 Å². The van der Waals surface area contributed by atoms with Gasteiger partial charge in [0.1, 0.15) is 5.56 Å². The van der Waals surface area contributed by atoms with Crippen LogP contribution in [0.25, 0.3) is 0 Å². The molecule has 0 spiro atoms. The first-order valence-corrected chi connectivity index (χ1v) is 7.35. The molecule has 0 saturated heterocycles. The first-order chi connectivity index (χ1) is 9.88. The average Bonchev–Trinajstić information content (AvgIpc) is 2.84. The smallest absolute Gasteiger partial charge is 0.285 e. The van der Waals surface area contributed by atoms with E-state index in [0.717, 1.165) is 19.3 Å². The molecule has 1 N–H and O–H groups in total. The van der Waals surface area contributed by atoms with E-state index in [9.17, 15) is 23.7 Å². The first kappa shape index (κ1) is 15.8. The molecule has 1 aliphatic carbocycles. The predicted octanol–water partition coefficient (Wildman–Crippen LogP) is 3.17. The van der Waals surface area contributed by atoms with E-state index in [1.165, 1.54) is 0 Å². The van der Waals surface area contributed by atoms with Crippen molar-refractivity contribution in [1.29, 1.82) is 0 Å². The fourth-order valence-electron chi connectivity index (χ4n) is 2.40. The molecule has 21 heavy (non-hydrogen) atoms. The first-order valence-electron chi connectivity index (χ1n) is 6.44. The molecule has 0 aromatic heterocycles. The summed E-state index contributed by atoms with van der Waals surface area (Å²) in [6, 6.07) is 0.985. The second kappa shape index (κ2) is 6.46. The number of nitrogens with zero attached hydrogens (tertiary/aromatic N) is 1. The molecule has 0 bridgehead atoms. The number of carbonyl (C=O) groups is 1. The Morgan fingerprint density at radius 2 is 2.05 bits per heavy atom. The van der Waals surface area contributed by atoms with Gasteiger partial charge in [0.2, 0.25) is 0 Å². The normalized spacial score (nSPS) is 21.3. The highest BCUT2D eigenvalue weighted by molar-refractivity contribution is 9.09. The molecule has 0 radical (unpaired) electrons. The van der Waals surface area contributed by atoms with Crippen LogP contribution in [0.15, 0.2) is 12.1 Å². The van der Waals surface area contributed by atoms with Crippen molar-refractivity contribution in [3.63, 3.8) is 0 Å². The van der Waals surface area contributed by atoms with E-state index in [2.05, 4.69) is 21.2 Å². The highest BCUT2D eigenvalue weighted by atomic mass is 79.9. The molecule has 8 heteroatoms. The quantitative estimate of drug-likeness (QED) is 0.507. The fraction of sp³-hybridized carbons (Fsp3) is 0.462. The molecule has 1 saturated carbocycles. The Morgan fingerprint density at radius 3 is 2.62 bits per heavy atom. The molecule has 1 aromatic carbocycles. The number of alkyl halides is 1. The van der Waals surface area contributed by atoms with Gasteiger partial charge in [0, 0.05) is 11.4 Å². The minimum Gasteiger partial charge on any atom is -0.352 e. The van der Waals surface area contributed by atoms with Crippen LogP contribution >= 0.6 is 15.9 Å². The number of nitro benzene ring substituents is 1. The fourth-order valence-corrected chi connectivity index (χ4v) is 3.19. The lowest BCUT2D eigenvalue weighted by Crippen LogP contribution is -2.29. The molecule has 1 amide bonds. The zero-order chi connectivity index (χ0) is 15.6. The number of hydrogen-bond donors (Lipinski definition) is 1. The van der Waals surface area contributed by atoms with Crippen LogP contribution in [0.2, 0.25) is 0 Å². The van der Waals surface area contributed by atoms with Gasteiger partial charge in [-0.05, 0) is 31.2 Å². The zero-order valence-electron chi connectivity index (χ0n) is 10.9. The number of rotatable bonds is 4. The van der Waals surface area contributed by atoms with E-state index in [1.54, 1.807) is 0 Å². The Bertz CT molecular complexity index is 583. The summed E-state index contributed by atoms with van der Waals surface area (Å²) in [5.74, 6) is -3.12. The third-order valence-electron chi connectivity index (χ3n) is 3.51. The van der Waals surface area contributed by atoms with Gasteiger partial charge in [-0.1, -0.05) is 15.9 Å². The largest absolute Gasteiger partial charge is 0.352 e. The van der Waals surface area contributed by atoms with E-state index in [4.69, 9.17) is 0 Å². The standard InChI is InChI=1S/C13H13BrF2N2O3/c14-8-2-1-7(3-8)6-17-13(19)9-4-10(15)11(16)5-12(9)18(20)21/h4-5,7-8H,1-3,6H2,(H,17,19). The number of carbonyl (C=O) groups excluding carboxylic acids is 1.